The first kappa shape index (κ1) is 42.0. The zero-order chi connectivity index (χ0) is 39.4. The Kier molecular flexibility index (Phi) is 14.6. The Morgan fingerprint density at radius 3 is 1.35 bits per heavy atom. The Bertz CT molecular complexity index is 2020. The number of rotatable bonds is 12. The summed E-state index contributed by atoms with van der Waals surface area (Å²) < 4.78 is 55.8. The van der Waals surface area contributed by atoms with Crippen LogP contribution in [0.25, 0.3) is 0 Å². The molecule has 2 aliphatic rings. The molecule has 2 saturated heterocycles. The predicted octanol–water partition coefficient (Wildman–Crippen LogP) is 5.98. The average Bonchev–Trinajstić information content (AvgIpc) is 3.92. The molecule has 5 aromatic carbocycles. The van der Waals surface area contributed by atoms with Crippen LogP contribution in [-0.2, 0) is 37.7 Å². The Morgan fingerprint density at radius 1 is 0.582 bits per heavy atom. The number of nitrogens with one attached hydrogen (secondary N) is 3. The van der Waals surface area contributed by atoms with Gasteiger partial charge in [-0.3, -0.25) is 4.90 Å². The molecule has 55 heavy (non-hydrogen) atoms. The number of hydrogen-bond acceptors (Lipinski definition) is 7. The fourth-order valence-corrected chi connectivity index (χ4v) is 10.2. The third-order valence-corrected chi connectivity index (χ3v) is 11.7. The minimum atomic E-state index is -3.49. The molecule has 0 radical (unpaired) electrons. The molecule has 2 fully saturated rings. The van der Waals surface area contributed by atoms with Gasteiger partial charge in [-0.15, -0.1) is 0 Å². The highest BCUT2D eigenvalue weighted by molar-refractivity contribution is 7.89. The molecule has 2 heterocycles. The van der Waals surface area contributed by atoms with Crippen LogP contribution in [0.15, 0.2) is 152 Å². The van der Waals surface area contributed by atoms with E-state index in [-0.39, 0.29) is 12.1 Å². The molecule has 11 heteroatoms. The molecule has 5 aromatic rings. The van der Waals surface area contributed by atoms with Crippen LogP contribution in [0.1, 0.15) is 53.5 Å². The number of aliphatic hydroxyl groups is 1. The number of aliphatic hydroxyl groups excluding tert-OH is 1. The van der Waals surface area contributed by atoms with Crippen molar-refractivity contribution < 1.29 is 21.9 Å². The van der Waals surface area contributed by atoms with Crippen LogP contribution in [0.4, 0.5) is 0 Å². The van der Waals surface area contributed by atoms with Crippen molar-refractivity contribution in [3.8, 4) is 0 Å². The van der Waals surface area contributed by atoms with Crippen molar-refractivity contribution in [1.29, 1.82) is 0 Å². The van der Waals surface area contributed by atoms with Crippen LogP contribution in [-0.4, -0.2) is 71.6 Å². The number of nitrogens with zero attached hydrogens (tertiary/aromatic N) is 1. The molecule has 0 amide bonds. The highest BCUT2D eigenvalue weighted by atomic mass is 32.2. The number of benzene rings is 5. The third kappa shape index (κ3) is 10.4. The maximum Gasteiger partial charge on any atom is 0.209 e. The smallest absolute Gasteiger partial charge is 0.209 e. The van der Waals surface area contributed by atoms with E-state index >= 15 is 0 Å². The van der Waals surface area contributed by atoms with Crippen LogP contribution < -0.4 is 14.8 Å². The van der Waals surface area contributed by atoms with Gasteiger partial charge in [-0.25, -0.2) is 16.8 Å². The molecule has 0 bridgehead atoms. The second-order valence-electron chi connectivity index (χ2n) is 14.1. The average molecular weight is 783 g/mol. The second-order valence-corrected chi connectivity index (χ2v) is 17.6. The molecule has 0 spiro atoms. The van der Waals surface area contributed by atoms with Gasteiger partial charge in [0.25, 0.3) is 0 Å². The topological polar surface area (TPSA) is 128 Å². The second kappa shape index (κ2) is 19.1. The largest absolute Gasteiger partial charge is 0.400 e. The molecule has 2 atom stereocenters. The summed E-state index contributed by atoms with van der Waals surface area (Å²) in [6.45, 7) is 2.63. The summed E-state index contributed by atoms with van der Waals surface area (Å²) in [5.74, 6) is 0. The van der Waals surface area contributed by atoms with Gasteiger partial charge in [-0.05, 0) is 66.6 Å². The number of likely N-dealkylation sites (tertiary alicyclic amines) is 1. The lowest BCUT2D eigenvalue weighted by Gasteiger charge is -2.44. The zero-order valence-corrected chi connectivity index (χ0v) is 33.5. The van der Waals surface area contributed by atoms with Gasteiger partial charge < -0.3 is 10.4 Å². The first-order chi connectivity index (χ1) is 26.5. The third-order valence-electron chi connectivity index (χ3n) is 10.3. The highest BCUT2D eigenvalue weighted by Gasteiger charge is 2.49. The molecule has 0 aliphatic carbocycles. The van der Waals surface area contributed by atoms with E-state index in [1.165, 1.54) is 18.1 Å². The minimum Gasteiger partial charge on any atom is -0.400 e. The van der Waals surface area contributed by atoms with E-state index in [4.69, 9.17) is 5.11 Å². The van der Waals surface area contributed by atoms with Crippen LogP contribution in [0.3, 0.4) is 0 Å². The number of hydrogen-bond donors (Lipinski definition) is 4. The zero-order valence-electron chi connectivity index (χ0n) is 31.9. The molecule has 4 N–H and O–H groups in total. The van der Waals surface area contributed by atoms with Gasteiger partial charge in [0.05, 0.1) is 23.6 Å². The van der Waals surface area contributed by atoms with E-state index < -0.39 is 31.1 Å². The Balaban J connectivity index is 0.000000208. The van der Waals surface area contributed by atoms with Crippen molar-refractivity contribution in [2.75, 3.05) is 32.7 Å². The van der Waals surface area contributed by atoms with Gasteiger partial charge in [0.15, 0.2) is 0 Å². The summed E-state index contributed by atoms with van der Waals surface area (Å²) in [6, 6.07) is 50.0. The van der Waals surface area contributed by atoms with Crippen LogP contribution in [0.2, 0.25) is 0 Å². The molecule has 9 nitrogen and oxygen atoms in total. The van der Waals surface area contributed by atoms with E-state index in [2.05, 4.69) is 43.9 Å². The van der Waals surface area contributed by atoms with E-state index in [0.717, 1.165) is 74.7 Å². The van der Waals surface area contributed by atoms with Crippen molar-refractivity contribution in [2.45, 2.75) is 55.4 Å². The predicted molar refractivity (Wildman–Crippen MR) is 222 cm³/mol. The molecule has 0 aromatic heterocycles. The first-order valence-corrected chi connectivity index (χ1v) is 22.5. The molecular formula is C44H54N4O5S2. The SMILES string of the molecule is CO.CS(=O)(=O)NC(c1ccccc1)(c1ccccc1)[C@@H]1CCCN1.CS(=O)(=O)NC(c1ccccc1)(c1ccccc1)[C@@H]1CCCN1Cc1ccccc1. The maximum atomic E-state index is 12.7. The normalized spacial score (nSPS) is 17.7. The van der Waals surface area contributed by atoms with E-state index in [0.29, 0.717) is 0 Å². The van der Waals surface area contributed by atoms with Crippen LogP contribution in [0, 0.1) is 0 Å². The summed E-state index contributed by atoms with van der Waals surface area (Å²) in [5, 5.41) is 10.5. The Morgan fingerprint density at radius 2 is 0.964 bits per heavy atom. The summed E-state index contributed by atoms with van der Waals surface area (Å²) in [7, 11) is -5.89. The van der Waals surface area contributed by atoms with Crippen molar-refractivity contribution in [3.05, 3.63) is 179 Å². The quantitative estimate of drug-likeness (QED) is 0.123. The van der Waals surface area contributed by atoms with Gasteiger partial charge in [0, 0.05) is 25.7 Å². The molecule has 292 valence electrons. The van der Waals surface area contributed by atoms with Gasteiger partial charge in [-0.1, -0.05) is 152 Å². The summed E-state index contributed by atoms with van der Waals surface area (Å²) >= 11 is 0. The first-order valence-electron chi connectivity index (χ1n) is 18.7. The van der Waals surface area contributed by atoms with Crippen molar-refractivity contribution in [1.82, 2.24) is 19.7 Å². The van der Waals surface area contributed by atoms with Crippen LogP contribution in [0.5, 0.6) is 0 Å². The lowest BCUT2D eigenvalue weighted by molar-refractivity contribution is 0.166. The van der Waals surface area contributed by atoms with Crippen molar-refractivity contribution in [3.63, 3.8) is 0 Å². The number of sulfonamides is 2. The van der Waals surface area contributed by atoms with E-state index in [9.17, 15) is 16.8 Å². The Labute approximate surface area is 327 Å². The maximum absolute atomic E-state index is 12.7. The van der Waals surface area contributed by atoms with Crippen molar-refractivity contribution in [2.24, 2.45) is 0 Å². The minimum absolute atomic E-state index is 0.00256. The van der Waals surface area contributed by atoms with Gasteiger partial charge in [-0.2, -0.15) is 9.44 Å². The van der Waals surface area contributed by atoms with E-state index in [1.54, 1.807) is 0 Å². The summed E-state index contributed by atoms with van der Waals surface area (Å²) in [5.41, 5.74) is 3.41. The summed E-state index contributed by atoms with van der Waals surface area (Å²) in [4.78, 5) is 2.42. The molecular weight excluding hydrogens is 729 g/mol. The highest BCUT2D eigenvalue weighted by Crippen LogP contribution is 2.42. The molecule has 2 aliphatic heterocycles. The van der Waals surface area contributed by atoms with Gasteiger partial charge in [0.1, 0.15) is 0 Å². The lowest BCUT2D eigenvalue weighted by atomic mass is 9.76. The van der Waals surface area contributed by atoms with E-state index in [1.807, 2.05) is 127 Å². The van der Waals surface area contributed by atoms with Gasteiger partial charge in [0.2, 0.25) is 20.0 Å². The fourth-order valence-electron chi connectivity index (χ4n) is 8.26. The fraction of sp³-hybridized carbons (Fsp3) is 0.318. The molecule has 7 rings (SSSR count). The monoisotopic (exact) mass is 782 g/mol. The van der Waals surface area contributed by atoms with Crippen molar-refractivity contribution >= 4 is 20.0 Å². The molecule has 0 unspecified atom stereocenters. The van der Waals surface area contributed by atoms with Crippen LogP contribution >= 0.6 is 0 Å². The van der Waals surface area contributed by atoms with Gasteiger partial charge >= 0.3 is 0 Å². The lowest BCUT2D eigenvalue weighted by Crippen LogP contribution is -2.58. The summed E-state index contributed by atoms with van der Waals surface area (Å²) in [6.07, 6.45) is 6.39. The standard InChI is InChI=1S/C25H28N2O2S.C18H22N2O2S.CH4O/c1-30(28,29)26-25(22-14-7-3-8-15-22,23-16-9-4-10-17-23)24-18-11-19-27(24)20-21-12-5-2-6-13-21;1-23(21,22)20-18(17-13-8-14-19-17,15-9-4-2-5-10-15)16-11-6-3-7-12-16;1-2/h2-10,12-17,24,26H,11,18-20H2,1H3;2-7,9-12,17,19-20H,8,13-14H2,1H3;2H,1H3/t24-;17-;/m00./s1. The Hall–Kier alpha value is -4.20. The molecule has 0 saturated carbocycles.